The maximum Gasteiger partial charge on any atom is 0.194 e. The lowest BCUT2D eigenvalue weighted by Gasteiger charge is -2.38. The highest BCUT2D eigenvalue weighted by atomic mass is 16.5. The van der Waals surface area contributed by atoms with Crippen molar-refractivity contribution in [2.75, 3.05) is 13.1 Å². The van der Waals surface area contributed by atoms with E-state index < -0.39 is 0 Å². The molecular formula is C16H22NO2+. The third-order valence-electron chi connectivity index (χ3n) is 4.58. The standard InChI is InChI=1S/C16H22NO2/c1-12(2)13-3-4-14-10-16(19-11-15(14)9-13)5-7-17(18)8-6-16/h3-4,9,12H,5-8,10-11H2,1-2H3/q+1. The summed E-state index contributed by atoms with van der Waals surface area (Å²) in [4.78, 5) is 11.3. The molecule has 19 heavy (non-hydrogen) atoms. The molecule has 1 saturated heterocycles. The summed E-state index contributed by atoms with van der Waals surface area (Å²) in [5.74, 6) is 0.560. The first-order valence-corrected chi connectivity index (χ1v) is 7.26. The molecular weight excluding hydrogens is 238 g/mol. The maximum absolute atomic E-state index is 11.3. The molecule has 1 aromatic carbocycles. The van der Waals surface area contributed by atoms with Gasteiger partial charge in [-0.25, -0.2) is 0 Å². The van der Waals surface area contributed by atoms with Crippen molar-refractivity contribution in [2.45, 2.75) is 51.2 Å². The molecule has 1 fully saturated rings. The van der Waals surface area contributed by atoms with Crippen molar-refractivity contribution < 1.29 is 9.50 Å². The molecule has 0 N–H and O–H groups in total. The number of benzene rings is 1. The van der Waals surface area contributed by atoms with Crippen LogP contribution in [0.3, 0.4) is 0 Å². The fraction of sp³-hybridized carbons (Fsp3) is 0.625. The van der Waals surface area contributed by atoms with Crippen LogP contribution in [0.1, 0.15) is 49.3 Å². The van der Waals surface area contributed by atoms with E-state index in [-0.39, 0.29) is 5.60 Å². The average Bonchev–Trinajstić information content (AvgIpc) is 2.42. The molecule has 0 amide bonds. The Morgan fingerprint density at radius 1 is 1.21 bits per heavy atom. The van der Waals surface area contributed by atoms with Gasteiger partial charge in [-0.1, -0.05) is 32.0 Å². The van der Waals surface area contributed by atoms with E-state index in [1.807, 2.05) is 0 Å². The predicted molar refractivity (Wildman–Crippen MR) is 74.4 cm³/mol. The second-order valence-electron chi connectivity index (χ2n) is 6.26. The molecule has 0 atom stereocenters. The Bertz CT molecular complexity index is 497. The second kappa shape index (κ2) is 4.71. The average molecular weight is 260 g/mol. The van der Waals surface area contributed by atoms with Crippen LogP contribution in [0.4, 0.5) is 0 Å². The molecule has 2 heterocycles. The Morgan fingerprint density at radius 3 is 2.63 bits per heavy atom. The van der Waals surface area contributed by atoms with Crippen LogP contribution in [-0.4, -0.2) is 23.5 Å². The van der Waals surface area contributed by atoms with Crippen LogP contribution in [0.2, 0.25) is 0 Å². The number of ether oxygens (including phenoxy) is 1. The molecule has 3 heteroatoms. The Balaban J connectivity index is 1.82. The zero-order valence-corrected chi connectivity index (χ0v) is 11.8. The third-order valence-corrected chi connectivity index (χ3v) is 4.58. The van der Waals surface area contributed by atoms with Gasteiger partial charge in [0.2, 0.25) is 0 Å². The number of piperidine rings is 1. The number of nitroso groups, excluding NO2 is 1. The lowest BCUT2D eigenvalue weighted by atomic mass is 9.81. The zero-order chi connectivity index (χ0) is 13.5. The van der Waals surface area contributed by atoms with Gasteiger partial charge >= 0.3 is 0 Å². The van der Waals surface area contributed by atoms with Crippen LogP contribution in [0, 0.1) is 4.91 Å². The Morgan fingerprint density at radius 2 is 1.95 bits per heavy atom. The predicted octanol–water partition coefficient (Wildman–Crippen LogP) is 3.19. The van der Waals surface area contributed by atoms with Gasteiger partial charge in [-0.05, 0) is 27.4 Å². The Hall–Kier alpha value is -1.22. The van der Waals surface area contributed by atoms with E-state index in [1.54, 1.807) is 0 Å². The molecule has 3 rings (SSSR count). The van der Waals surface area contributed by atoms with Crippen LogP contribution in [0.15, 0.2) is 18.2 Å². The molecule has 0 aromatic heterocycles. The lowest BCUT2D eigenvalue weighted by Crippen LogP contribution is -2.45. The molecule has 0 unspecified atom stereocenters. The third kappa shape index (κ3) is 2.44. The van der Waals surface area contributed by atoms with Crippen LogP contribution in [-0.2, 0) is 17.8 Å². The van der Waals surface area contributed by atoms with Gasteiger partial charge in [0.05, 0.1) is 12.2 Å². The molecule has 0 radical (unpaired) electrons. The van der Waals surface area contributed by atoms with E-state index in [2.05, 4.69) is 32.0 Å². The molecule has 2 aliphatic rings. The summed E-state index contributed by atoms with van der Waals surface area (Å²) in [6, 6.07) is 6.79. The van der Waals surface area contributed by atoms with Crippen LogP contribution in [0.5, 0.6) is 0 Å². The normalized spacial score (nSPS) is 21.7. The van der Waals surface area contributed by atoms with Crippen LogP contribution < -0.4 is 0 Å². The minimum atomic E-state index is -0.0761. The first-order chi connectivity index (χ1) is 9.08. The topological polar surface area (TPSA) is 29.3 Å². The van der Waals surface area contributed by atoms with Gasteiger partial charge in [0.1, 0.15) is 0 Å². The Labute approximate surface area is 114 Å². The fourth-order valence-electron chi connectivity index (χ4n) is 3.16. The van der Waals surface area contributed by atoms with Crippen molar-refractivity contribution in [1.29, 1.82) is 0 Å². The van der Waals surface area contributed by atoms with Gasteiger partial charge in [-0.2, -0.15) is 0 Å². The van der Waals surface area contributed by atoms with Gasteiger partial charge in [-0.3, -0.25) is 0 Å². The van der Waals surface area contributed by atoms with Crippen molar-refractivity contribution in [3.63, 3.8) is 0 Å². The highest BCUT2D eigenvalue weighted by Crippen LogP contribution is 2.36. The summed E-state index contributed by atoms with van der Waals surface area (Å²) >= 11 is 0. The number of hydrogen-bond acceptors (Lipinski definition) is 2. The first-order valence-electron chi connectivity index (χ1n) is 7.26. The second-order valence-corrected chi connectivity index (χ2v) is 6.26. The number of rotatable bonds is 1. The van der Waals surface area contributed by atoms with Crippen molar-refractivity contribution in [3.05, 3.63) is 39.8 Å². The quantitative estimate of drug-likeness (QED) is 0.726. The molecule has 102 valence electrons. The zero-order valence-electron chi connectivity index (χ0n) is 11.8. The molecule has 0 bridgehead atoms. The van der Waals surface area contributed by atoms with Crippen molar-refractivity contribution in [2.24, 2.45) is 0 Å². The molecule has 3 nitrogen and oxygen atoms in total. The first kappa shape index (κ1) is 12.8. The molecule has 1 spiro atoms. The van der Waals surface area contributed by atoms with Gasteiger partial charge < -0.3 is 4.74 Å². The van der Waals surface area contributed by atoms with Crippen molar-refractivity contribution in [1.82, 2.24) is 0 Å². The summed E-state index contributed by atoms with van der Waals surface area (Å²) in [5, 5.41) is 0. The van der Waals surface area contributed by atoms with E-state index in [4.69, 9.17) is 4.74 Å². The number of hydrogen-bond donors (Lipinski definition) is 0. The van der Waals surface area contributed by atoms with Gasteiger partial charge in [0.15, 0.2) is 13.1 Å². The van der Waals surface area contributed by atoms with E-state index in [1.165, 1.54) is 16.7 Å². The van der Waals surface area contributed by atoms with E-state index in [0.29, 0.717) is 25.6 Å². The molecule has 0 aliphatic carbocycles. The lowest BCUT2D eigenvalue weighted by molar-refractivity contribution is -0.567. The van der Waals surface area contributed by atoms with E-state index in [9.17, 15) is 4.91 Å². The number of fused-ring (bicyclic) bond motifs is 1. The van der Waals surface area contributed by atoms with Gasteiger partial charge in [0, 0.05) is 24.2 Å². The molecule has 1 aromatic rings. The maximum atomic E-state index is 11.3. The minimum absolute atomic E-state index is 0.0761. The fourth-order valence-corrected chi connectivity index (χ4v) is 3.16. The summed E-state index contributed by atoms with van der Waals surface area (Å²) in [6.45, 7) is 6.36. The van der Waals surface area contributed by atoms with Crippen molar-refractivity contribution in [3.8, 4) is 0 Å². The Kier molecular flexibility index (Phi) is 3.17. The minimum Gasteiger partial charge on any atom is -0.369 e. The van der Waals surface area contributed by atoms with E-state index in [0.717, 1.165) is 24.0 Å². The van der Waals surface area contributed by atoms with Gasteiger partial charge in [0.25, 0.3) is 0 Å². The SMILES string of the molecule is CC(C)c1ccc2c(c1)COC1(CC[N+](=O)CC1)C2. The molecule has 2 aliphatic heterocycles. The summed E-state index contributed by atoms with van der Waals surface area (Å²) in [5.41, 5.74) is 4.05. The van der Waals surface area contributed by atoms with Gasteiger partial charge in [-0.15, -0.1) is 0 Å². The molecule has 0 saturated carbocycles. The summed E-state index contributed by atoms with van der Waals surface area (Å²) in [7, 11) is 0. The highest BCUT2D eigenvalue weighted by Gasteiger charge is 2.41. The van der Waals surface area contributed by atoms with Crippen LogP contribution in [0.25, 0.3) is 0 Å². The number of nitrogens with zero attached hydrogens (tertiary/aromatic N) is 1. The monoisotopic (exact) mass is 260 g/mol. The smallest absolute Gasteiger partial charge is 0.194 e. The van der Waals surface area contributed by atoms with Crippen LogP contribution >= 0.6 is 0 Å². The summed E-state index contributed by atoms with van der Waals surface area (Å²) in [6.07, 6.45) is 2.69. The highest BCUT2D eigenvalue weighted by molar-refractivity contribution is 5.35. The van der Waals surface area contributed by atoms with Crippen molar-refractivity contribution >= 4 is 0 Å². The largest absolute Gasteiger partial charge is 0.369 e. The van der Waals surface area contributed by atoms with E-state index >= 15 is 0 Å². The summed E-state index contributed by atoms with van der Waals surface area (Å²) < 4.78 is 7.31.